The minimum Gasteiger partial charge on any atom is -0.349 e. The van der Waals surface area contributed by atoms with Crippen LogP contribution in [-0.4, -0.2) is 40.9 Å². The van der Waals surface area contributed by atoms with Crippen LogP contribution >= 0.6 is 34.7 Å². The van der Waals surface area contributed by atoms with E-state index in [2.05, 4.69) is 15.5 Å². The summed E-state index contributed by atoms with van der Waals surface area (Å²) in [6.45, 7) is 1.97. The first-order chi connectivity index (χ1) is 11.5. The van der Waals surface area contributed by atoms with E-state index in [4.69, 9.17) is 11.6 Å². The summed E-state index contributed by atoms with van der Waals surface area (Å²) in [6, 6.07) is 5.74. The molecule has 1 aromatic carbocycles. The minimum atomic E-state index is 0.180. The highest BCUT2D eigenvalue weighted by Gasteiger charge is 2.08. The lowest BCUT2D eigenvalue weighted by Gasteiger charge is -2.09. The maximum atomic E-state index is 11.5. The molecule has 1 aromatic heterocycles. The highest BCUT2D eigenvalue weighted by Crippen LogP contribution is 2.31. The Kier molecular flexibility index (Phi) is 7.33. The van der Waals surface area contributed by atoms with Gasteiger partial charge in [0.25, 0.3) is 0 Å². The average Bonchev–Trinajstić information content (AvgIpc) is 2.98. The number of halogens is 1. The first kappa shape index (κ1) is 19.0. The van der Waals surface area contributed by atoms with Crippen molar-refractivity contribution in [1.82, 2.24) is 15.1 Å². The Morgan fingerprint density at radius 2 is 2.12 bits per heavy atom. The average molecular weight is 385 g/mol. The zero-order valence-corrected chi connectivity index (χ0v) is 16.4. The monoisotopic (exact) mass is 384 g/mol. The number of nitrogens with one attached hydrogen (secondary N) is 1. The van der Waals surface area contributed by atoms with E-state index in [-0.39, 0.29) is 5.91 Å². The lowest BCUT2D eigenvalue weighted by atomic mass is 10.2. The van der Waals surface area contributed by atoms with E-state index in [9.17, 15) is 4.79 Å². The first-order valence-electron chi connectivity index (χ1n) is 7.66. The SMILES string of the molecule is Cc1c(Cl)cccc1Nc1nnc(SCCCCC(=O)N(C)C)s1. The molecule has 0 spiro atoms. The van der Waals surface area contributed by atoms with Gasteiger partial charge in [-0.1, -0.05) is 40.8 Å². The van der Waals surface area contributed by atoms with Gasteiger partial charge in [-0.2, -0.15) is 0 Å². The number of aromatic nitrogens is 2. The van der Waals surface area contributed by atoms with Gasteiger partial charge in [0.15, 0.2) is 4.34 Å². The summed E-state index contributed by atoms with van der Waals surface area (Å²) >= 11 is 9.32. The standard InChI is InChI=1S/C16H21ClN4OS2/c1-11-12(17)7-6-8-13(11)18-15-19-20-16(24-15)23-10-5-4-9-14(22)21(2)3/h6-8H,4-5,9-10H2,1-3H3,(H,18,19). The highest BCUT2D eigenvalue weighted by molar-refractivity contribution is 8.01. The topological polar surface area (TPSA) is 58.1 Å². The Morgan fingerprint density at radius 3 is 2.88 bits per heavy atom. The van der Waals surface area contributed by atoms with Crippen molar-refractivity contribution in [3.8, 4) is 0 Å². The second-order valence-corrected chi connectivity index (χ2v) is 8.23. The van der Waals surface area contributed by atoms with Gasteiger partial charge < -0.3 is 10.2 Å². The van der Waals surface area contributed by atoms with E-state index < -0.39 is 0 Å². The van der Waals surface area contributed by atoms with Crippen LogP contribution in [0.25, 0.3) is 0 Å². The van der Waals surface area contributed by atoms with Crippen molar-refractivity contribution in [1.29, 1.82) is 0 Å². The lowest BCUT2D eigenvalue weighted by molar-refractivity contribution is -0.128. The number of benzene rings is 1. The molecule has 5 nitrogen and oxygen atoms in total. The largest absolute Gasteiger partial charge is 0.349 e. The number of carbonyl (C=O) groups is 1. The molecule has 24 heavy (non-hydrogen) atoms. The number of hydrogen-bond donors (Lipinski definition) is 1. The third-order valence-electron chi connectivity index (χ3n) is 3.43. The van der Waals surface area contributed by atoms with Crippen molar-refractivity contribution in [2.24, 2.45) is 0 Å². The molecular formula is C16H21ClN4OS2. The Morgan fingerprint density at radius 1 is 1.33 bits per heavy atom. The van der Waals surface area contributed by atoms with Gasteiger partial charge in [-0.15, -0.1) is 10.2 Å². The fourth-order valence-corrected chi connectivity index (χ4v) is 3.95. The van der Waals surface area contributed by atoms with Gasteiger partial charge in [-0.3, -0.25) is 4.79 Å². The molecule has 0 saturated heterocycles. The van der Waals surface area contributed by atoms with E-state index in [0.29, 0.717) is 6.42 Å². The van der Waals surface area contributed by atoms with Crippen LogP contribution in [0.15, 0.2) is 22.5 Å². The van der Waals surface area contributed by atoms with Gasteiger partial charge in [-0.25, -0.2) is 0 Å². The molecule has 0 atom stereocenters. The zero-order chi connectivity index (χ0) is 17.5. The molecule has 1 heterocycles. The number of amides is 1. The molecule has 2 rings (SSSR count). The third kappa shape index (κ3) is 5.65. The van der Waals surface area contributed by atoms with Crippen molar-refractivity contribution in [3.63, 3.8) is 0 Å². The Bertz CT molecular complexity index is 690. The van der Waals surface area contributed by atoms with Crippen molar-refractivity contribution in [2.45, 2.75) is 30.5 Å². The van der Waals surface area contributed by atoms with Crippen LogP contribution in [0.2, 0.25) is 5.02 Å². The van der Waals surface area contributed by atoms with Gasteiger partial charge >= 0.3 is 0 Å². The smallest absolute Gasteiger partial charge is 0.222 e. The molecular weight excluding hydrogens is 364 g/mol. The summed E-state index contributed by atoms with van der Waals surface area (Å²) in [4.78, 5) is 13.1. The second kappa shape index (κ2) is 9.25. The van der Waals surface area contributed by atoms with E-state index in [1.165, 1.54) is 11.3 Å². The van der Waals surface area contributed by atoms with E-state index >= 15 is 0 Å². The summed E-state index contributed by atoms with van der Waals surface area (Å²) in [5, 5.41) is 13.1. The molecule has 130 valence electrons. The fraction of sp³-hybridized carbons (Fsp3) is 0.438. The van der Waals surface area contributed by atoms with Crippen molar-refractivity contribution >= 4 is 51.4 Å². The van der Waals surface area contributed by atoms with Crippen LogP contribution in [0.1, 0.15) is 24.8 Å². The van der Waals surface area contributed by atoms with Crippen LogP contribution in [0.4, 0.5) is 10.8 Å². The molecule has 0 aliphatic carbocycles. The predicted molar refractivity (Wildman–Crippen MR) is 103 cm³/mol. The van der Waals surface area contributed by atoms with Crippen molar-refractivity contribution < 1.29 is 4.79 Å². The number of anilines is 2. The molecule has 0 aliphatic heterocycles. The number of nitrogens with zero attached hydrogens (tertiary/aromatic N) is 3. The van der Waals surface area contributed by atoms with E-state index in [1.54, 1.807) is 30.8 Å². The molecule has 0 saturated carbocycles. The van der Waals surface area contributed by atoms with Gasteiger partial charge in [0.1, 0.15) is 0 Å². The molecule has 1 N–H and O–H groups in total. The molecule has 1 amide bonds. The van der Waals surface area contributed by atoms with Gasteiger partial charge in [0.2, 0.25) is 11.0 Å². The van der Waals surface area contributed by atoms with E-state index in [1.807, 2.05) is 25.1 Å². The minimum absolute atomic E-state index is 0.180. The third-order valence-corrected chi connectivity index (χ3v) is 5.89. The second-order valence-electron chi connectivity index (χ2n) is 5.50. The van der Waals surface area contributed by atoms with Crippen molar-refractivity contribution in [2.75, 3.05) is 25.2 Å². The van der Waals surface area contributed by atoms with E-state index in [0.717, 1.165) is 44.3 Å². The maximum Gasteiger partial charge on any atom is 0.222 e. The van der Waals surface area contributed by atoms with Crippen LogP contribution in [0.5, 0.6) is 0 Å². The molecule has 0 radical (unpaired) electrons. The number of rotatable bonds is 8. The van der Waals surface area contributed by atoms with Gasteiger partial charge in [-0.05, 0) is 37.5 Å². The summed E-state index contributed by atoms with van der Waals surface area (Å²) in [5.41, 5.74) is 1.94. The van der Waals surface area contributed by atoms with Gasteiger partial charge in [0, 0.05) is 37.0 Å². The van der Waals surface area contributed by atoms with Crippen molar-refractivity contribution in [3.05, 3.63) is 28.8 Å². The quantitative estimate of drug-likeness (QED) is 0.532. The van der Waals surface area contributed by atoms with Crippen LogP contribution in [-0.2, 0) is 4.79 Å². The Balaban J connectivity index is 1.77. The first-order valence-corrected chi connectivity index (χ1v) is 9.84. The fourth-order valence-electron chi connectivity index (χ4n) is 1.94. The molecule has 0 unspecified atom stereocenters. The maximum absolute atomic E-state index is 11.5. The number of hydrogen-bond acceptors (Lipinski definition) is 6. The molecule has 2 aromatic rings. The number of carbonyl (C=O) groups excluding carboxylic acids is 1. The molecule has 8 heteroatoms. The Hall–Kier alpha value is -1.31. The predicted octanol–water partition coefficient (Wildman–Crippen LogP) is 4.59. The zero-order valence-electron chi connectivity index (χ0n) is 14.0. The lowest BCUT2D eigenvalue weighted by Crippen LogP contribution is -2.21. The summed E-state index contributed by atoms with van der Waals surface area (Å²) in [5.74, 6) is 1.12. The number of unbranched alkanes of at least 4 members (excludes halogenated alkanes) is 1. The van der Waals surface area contributed by atoms with Crippen LogP contribution < -0.4 is 5.32 Å². The molecule has 0 bridgehead atoms. The molecule has 0 fully saturated rings. The van der Waals surface area contributed by atoms with Crippen LogP contribution in [0.3, 0.4) is 0 Å². The Labute approximate surface area is 155 Å². The highest BCUT2D eigenvalue weighted by atomic mass is 35.5. The molecule has 0 aliphatic rings. The van der Waals surface area contributed by atoms with Crippen LogP contribution in [0, 0.1) is 6.92 Å². The summed E-state index contributed by atoms with van der Waals surface area (Å²) in [6.07, 6.45) is 2.49. The number of thioether (sulfide) groups is 1. The van der Waals surface area contributed by atoms with Gasteiger partial charge in [0.05, 0.1) is 0 Å². The normalized spacial score (nSPS) is 10.7. The summed E-state index contributed by atoms with van der Waals surface area (Å²) < 4.78 is 0.927. The summed E-state index contributed by atoms with van der Waals surface area (Å²) in [7, 11) is 3.57.